The van der Waals surface area contributed by atoms with Crippen molar-refractivity contribution in [2.24, 2.45) is 0 Å². The first-order valence-electron chi connectivity index (χ1n) is 9.83. The highest BCUT2D eigenvalue weighted by Gasteiger charge is 2.40. The maximum absolute atomic E-state index is 12.9. The topological polar surface area (TPSA) is 98.7 Å². The molecule has 29 heavy (non-hydrogen) atoms. The van der Waals surface area contributed by atoms with Crippen molar-refractivity contribution >= 4 is 29.2 Å². The quantitative estimate of drug-likeness (QED) is 0.536. The number of carbonyl (C=O) groups is 3. The molecule has 0 spiro atoms. The molecule has 0 saturated heterocycles. The molecule has 1 saturated carbocycles. The molecule has 0 bridgehead atoms. The molecular weight excluding hydrogens is 370 g/mol. The molecule has 7 nitrogen and oxygen atoms in total. The summed E-state index contributed by atoms with van der Waals surface area (Å²) in [6.07, 6.45) is 4.88. The number of urea groups is 1. The lowest BCUT2D eigenvalue weighted by Crippen LogP contribution is -2.40. The highest BCUT2D eigenvalue weighted by Crippen LogP contribution is 2.32. The molecule has 2 aromatic carbocycles. The fourth-order valence-corrected chi connectivity index (χ4v) is 4.04. The van der Waals surface area contributed by atoms with Crippen molar-refractivity contribution in [3.05, 3.63) is 53.1 Å². The third-order valence-corrected chi connectivity index (χ3v) is 5.52. The number of phenolic OH excluding ortho intramolecular Hbond substituents is 1. The molecule has 4 amide bonds. The molecule has 7 heteroatoms. The molecule has 1 aliphatic carbocycles. The van der Waals surface area contributed by atoms with Crippen LogP contribution in [0.1, 0.15) is 58.4 Å². The smallest absolute Gasteiger partial charge is 0.323 e. The molecular formula is C22H23N3O4. The lowest BCUT2D eigenvalue weighted by Gasteiger charge is -2.29. The molecule has 150 valence electrons. The lowest BCUT2D eigenvalue weighted by molar-refractivity contribution is 0.0549. The van der Waals surface area contributed by atoms with Crippen molar-refractivity contribution in [3.63, 3.8) is 0 Å². The summed E-state index contributed by atoms with van der Waals surface area (Å²) in [6, 6.07) is 9.06. The Morgan fingerprint density at radius 3 is 2.41 bits per heavy atom. The monoisotopic (exact) mass is 393 g/mol. The Balaban J connectivity index is 1.49. The van der Waals surface area contributed by atoms with Crippen molar-refractivity contribution in [2.75, 3.05) is 10.6 Å². The van der Waals surface area contributed by atoms with Gasteiger partial charge in [-0.05, 0) is 55.7 Å². The van der Waals surface area contributed by atoms with E-state index in [9.17, 15) is 19.5 Å². The van der Waals surface area contributed by atoms with Crippen molar-refractivity contribution in [1.29, 1.82) is 0 Å². The Morgan fingerprint density at radius 1 is 0.966 bits per heavy atom. The number of fused-ring (bicyclic) bond motifs is 1. The standard InChI is InChI=1S/C22H23N3O4/c1-13-7-10-18(19(26)11-13)24-22(29)23-14-8-9-16-17(12-14)21(28)25(20(16)27)15-5-3-2-4-6-15/h7-12,15,26H,2-6H2,1H3,(H2,23,24,29). The van der Waals surface area contributed by atoms with E-state index in [0.717, 1.165) is 37.7 Å². The van der Waals surface area contributed by atoms with E-state index >= 15 is 0 Å². The summed E-state index contributed by atoms with van der Waals surface area (Å²) in [5.41, 5.74) is 2.25. The zero-order valence-electron chi connectivity index (χ0n) is 16.2. The molecule has 3 N–H and O–H groups in total. The largest absolute Gasteiger partial charge is 0.506 e. The summed E-state index contributed by atoms with van der Waals surface area (Å²) in [6.45, 7) is 1.84. The van der Waals surface area contributed by atoms with Gasteiger partial charge in [-0.1, -0.05) is 25.3 Å². The zero-order valence-corrected chi connectivity index (χ0v) is 16.2. The Morgan fingerprint density at radius 2 is 1.69 bits per heavy atom. The van der Waals surface area contributed by atoms with E-state index in [-0.39, 0.29) is 29.3 Å². The van der Waals surface area contributed by atoms with E-state index in [0.29, 0.717) is 16.8 Å². The normalized spacial score (nSPS) is 16.7. The summed E-state index contributed by atoms with van der Waals surface area (Å²) >= 11 is 0. The number of phenols is 1. The third-order valence-electron chi connectivity index (χ3n) is 5.52. The van der Waals surface area contributed by atoms with E-state index < -0.39 is 6.03 Å². The number of hydrogen-bond donors (Lipinski definition) is 3. The lowest BCUT2D eigenvalue weighted by atomic mass is 9.94. The molecule has 4 rings (SSSR count). The Hall–Kier alpha value is -3.35. The number of nitrogens with one attached hydrogen (secondary N) is 2. The highest BCUT2D eigenvalue weighted by molar-refractivity contribution is 6.22. The number of anilines is 2. The SMILES string of the molecule is Cc1ccc(NC(=O)Nc2ccc3c(c2)C(=O)N(C2CCCCC2)C3=O)c(O)c1. The number of nitrogens with zero attached hydrogens (tertiary/aromatic N) is 1. The Labute approximate surface area is 168 Å². The predicted octanol–water partition coefficient (Wildman–Crippen LogP) is 4.27. The number of aromatic hydroxyl groups is 1. The molecule has 0 atom stereocenters. The number of imide groups is 1. The van der Waals surface area contributed by atoms with Gasteiger partial charge < -0.3 is 15.7 Å². The van der Waals surface area contributed by atoms with Crippen LogP contribution in [0.3, 0.4) is 0 Å². The van der Waals surface area contributed by atoms with Gasteiger partial charge in [-0.15, -0.1) is 0 Å². The van der Waals surface area contributed by atoms with Gasteiger partial charge in [0.25, 0.3) is 11.8 Å². The number of hydrogen-bond acceptors (Lipinski definition) is 4. The van der Waals surface area contributed by atoms with E-state index in [1.807, 2.05) is 6.92 Å². The van der Waals surface area contributed by atoms with Crippen molar-refractivity contribution < 1.29 is 19.5 Å². The number of amides is 4. The van der Waals surface area contributed by atoms with Crippen LogP contribution in [0.5, 0.6) is 5.75 Å². The molecule has 1 heterocycles. The summed E-state index contributed by atoms with van der Waals surface area (Å²) in [5, 5.41) is 15.1. The maximum atomic E-state index is 12.9. The molecule has 0 radical (unpaired) electrons. The Kier molecular flexibility index (Phi) is 4.96. The summed E-state index contributed by atoms with van der Waals surface area (Å²) in [7, 11) is 0. The van der Waals surface area contributed by atoms with Gasteiger partial charge in [-0.2, -0.15) is 0 Å². The fourth-order valence-electron chi connectivity index (χ4n) is 4.04. The van der Waals surface area contributed by atoms with Crippen LogP contribution < -0.4 is 10.6 Å². The van der Waals surface area contributed by atoms with Crippen molar-refractivity contribution in [2.45, 2.75) is 45.1 Å². The second kappa shape index (κ2) is 7.58. The molecule has 1 fully saturated rings. The van der Waals surface area contributed by atoms with Crippen LogP contribution in [-0.4, -0.2) is 33.9 Å². The molecule has 1 aliphatic heterocycles. The number of aryl methyl sites for hydroxylation is 1. The summed E-state index contributed by atoms with van der Waals surface area (Å²) < 4.78 is 0. The van der Waals surface area contributed by atoms with Gasteiger partial charge in [-0.3, -0.25) is 14.5 Å². The van der Waals surface area contributed by atoms with Gasteiger partial charge in [0, 0.05) is 11.7 Å². The van der Waals surface area contributed by atoms with Gasteiger partial charge in [0.05, 0.1) is 16.8 Å². The van der Waals surface area contributed by atoms with Crippen LogP contribution in [0.25, 0.3) is 0 Å². The van der Waals surface area contributed by atoms with Crippen LogP contribution in [0.4, 0.5) is 16.2 Å². The number of carbonyl (C=O) groups excluding carboxylic acids is 3. The predicted molar refractivity (Wildman–Crippen MR) is 109 cm³/mol. The minimum Gasteiger partial charge on any atom is -0.506 e. The molecule has 0 unspecified atom stereocenters. The van der Waals surface area contributed by atoms with Gasteiger partial charge in [-0.25, -0.2) is 4.79 Å². The van der Waals surface area contributed by atoms with Crippen LogP contribution in [-0.2, 0) is 0 Å². The van der Waals surface area contributed by atoms with Crippen LogP contribution >= 0.6 is 0 Å². The van der Waals surface area contributed by atoms with E-state index in [4.69, 9.17) is 0 Å². The maximum Gasteiger partial charge on any atom is 0.323 e. The minimum absolute atomic E-state index is 0.0296. The van der Waals surface area contributed by atoms with E-state index in [2.05, 4.69) is 10.6 Å². The average Bonchev–Trinajstić information content (AvgIpc) is 2.95. The first kappa shape index (κ1) is 19.0. The van der Waals surface area contributed by atoms with Gasteiger partial charge in [0.2, 0.25) is 0 Å². The van der Waals surface area contributed by atoms with Gasteiger partial charge in [0.1, 0.15) is 5.75 Å². The van der Waals surface area contributed by atoms with Gasteiger partial charge in [0.15, 0.2) is 0 Å². The van der Waals surface area contributed by atoms with Crippen LogP contribution in [0, 0.1) is 6.92 Å². The Bertz CT molecular complexity index is 996. The molecule has 2 aromatic rings. The van der Waals surface area contributed by atoms with Crippen molar-refractivity contribution in [1.82, 2.24) is 4.90 Å². The van der Waals surface area contributed by atoms with Crippen molar-refractivity contribution in [3.8, 4) is 5.75 Å². The summed E-state index contributed by atoms with van der Waals surface area (Å²) in [5.74, 6) is -0.576. The zero-order chi connectivity index (χ0) is 20.5. The second-order valence-electron chi connectivity index (χ2n) is 7.63. The minimum atomic E-state index is -0.551. The fraction of sp³-hybridized carbons (Fsp3) is 0.318. The first-order chi connectivity index (χ1) is 13.9. The first-order valence-corrected chi connectivity index (χ1v) is 9.83. The highest BCUT2D eigenvalue weighted by atomic mass is 16.3. The molecule has 0 aromatic heterocycles. The van der Waals surface area contributed by atoms with Crippen LogP contribution in [0.15, 0.2) is 36.4 Å². The molecule has 2 aliphatic rings. The van der Waals surface area contributed by atoms with Gasteiger partial charge >= 0.3 is 6.03 Å². The average molecular weight is 393 g/mol. The van der Waals surface area contributed by atoms with E-state index in [1.165, 1.54) is 11.0 Å². The summed E-state index contributed by atoms with van der Waals surface area (Å²) in [4.78, 5) is 39.2. The second-order valence-corrected chi connectivity index (χ2v) is 7.63. The number of rotatable bonds is 3. The third kappa shape index (κ3) is 3.68. The van der Waals surface area contributed by atoms with E-state index in [1.54, 1.807) is 30.3 Å². The van der Waals surface area contributed by atoms with Crippen LogP contribution in [0.2, 0.25) is 0 Å². The number of benzene rings is 2.